The van der Waals surface area contributed by atoms with Crippen LogP contribution >= 0.6 is 0 Å². The van der Waals surface area contributed by atoms with Crippen molar-refractivity contribution in [1.82, 2.24) is 15.4 Å². The van der Waals surface area contributed by atoms with Crippen molar-refractivity contribution in [1.29, 1.82) is 0 Å². The lowest BCUT2D eigenvalue weighted by molar-refractivity contribution is 0.105. The maximum absolute atomic E-state index is 11.4. The highest BCUT2D eigenvalue weighted by Gasteiger charge is 2.33. The molecule has 1 fully saturated rings. The summed E-state index contributed by atoms with van der Waals surface area (Å²) in [4.78, 5) is 4.22. The van der Waals surface area contributed by atoms with Gasteiger partial charge in [-0.3, -0.25) is 4.99 Å². The number of nitrogens with one attached hydrogen (secondary N) is 3. The van der Waals surface area contributed by atoms with Crippen LogP contribution in [-0.4, -0.2) is 60.0 Å². The molecule has 8 heteroatoms. The molecule has 1 saturated carbocycles. The average Bonchev–Trinajstić information content (AvgIpc) is 3.03. The Balaban J connectivity index is 2.36. The van der Waals surface area contributed by atoms with Crippen molar-refractivity contribution in [2.45, 2.75) is 46.0 Å². The first-order chi connectivity index (χ1) is 11.5. The van der Waals surface area contributed by atoms with Crippen LogP contribution in [-0.2, 0) is 14.8 Å². The van der Waals surface area contributed by atoms with Crippen LogP contribution in [0.25, 0.3) is 0 Å². The van der Waals surface area contributed by atoms with Crippen molar-refractivity contribution < 1.29 is 13.2 Å². The van der Waals surface area contributed by atoms with Crippen LogP contribution in [0.5, 0.6) is 0 Å². The molecule has 0 aliphatic heterocycles. The van der Waals surface area contributed by atoms with Crippen molar-refractivity contribution in [3.8, 4) is 0 Å². The maximum atomic E-state index is 11.4. The van der Waals surface area contributed by atoms with Gasteiger partial charge >= 0.3 is 0 Å². The van der Waals surface area contributed by atoms with Gasteiger partial charge in [0.1, 0.15) is 0 Å². The Bertz CT molecular complexity index is 474. The Labute approximate surface area is 147 Å². The number of rotatable bonds is 11. The van der Waals surface area contributed by atoms with Crippen molar-refractivity contribution in [3.63, 3.8) is 0 Å². The molecule has 0 heterocycles. The zero-order valence-corrected chi connectivity index (χ0v) is 16.2. The number of guanidine groups is 1. The van der Waals surface area contributed by atoms with E-state index in [0.717, 1.165) is 26.2 Å². The monoisotopic (exact) mass is 362 g/mol. The van der Waals surface area contributed by atoms with Gasteiger partial charge in [0.05, 0.1) is 5.75 Å². The summed E-state index contributed by atoms with van der Waals surface area (Å²) in [5, 5.41) is 6.55. The van der Waals surface area contributed by atoms with Gasteiger partial charge in [-0.1, -0.05) is 12.8 Å². The molecule has 0 aromatic heterocycles. The van der Waals surface area contributed by atoms with E-state index in [2.05, 4.69) is 20.3 Å². The first kappa shape index (κ1) is 21.2. The first-order valence-electron chi connectivity index (χ1n) is 8.96. The fraction of sp³-hybridized carbons (Fsp3) is 0.938. The van der Waals surface area contributed by atoms with Gasteiger partial charge in [-0.15, -0.1) is 0 Å². The Kier molecular flexibility index (Phi) is 9.61. The molecule has 0 aromatic rings. The molecule has 0 atom stereocenters. The summed E-state index contributed by atoms with van der Waals surface area (Å²) in [5.74, 6) is 0.816. The SMILES string of the molecule is CCOCCC1(CNC(=NC)NCCNS(=O)(=O)CC)CCCC1. The molecule has 0 aromatic carbocycles. The van der Waals surface area contributed by atoms with Gasteiger partial charge in [0, 0.05) is 39.9 Å². The van der Waals surface area contributed by atoms with E-state index in [1.165, 1.54) is 25.7 Å². The number of hydrogen-bond acceptors (Lipinski definition) is 4. The van der Waals surface area contributed by atoms with Crippen molar-refractivity contribution >= 4 is 16.0 Å². The van der Waals surface area contributed by atoms with E-state index < -0.39 is 10.0 Å². The highest BCUT2D eigenvalue weighted by molar-refractivity contribution is 7.89. The summed E-state index contributed by atoms with van der Waals surface area (Å²) in [6.07, 6.45) is 6.07. The lowest BCUT2D eigenvalue weighted by atomic mass is 9.83. The van der Waals surface area contributed by atoms with Gasteiger partial charge in [-0.05, 0) is 38.5 Å². The summed E-state index contributed by atoms with van der Waals surface area (Å²) < 4.78 is 30.8. The van der Waals surface area contributed by atoms with Crippen LogP contribution in [0.3, 0.4) is 0 Å². The summed E-state index contributed by atoms with van der Waals surface area (Å²) in [6.45, 7) is 6.96. The Morgan fingerprint density at radius 3 is 2.46 bits per heavy atom. The number of ether oxygens (including phenoxy) is 1. The Morgan fingerprint density at radius 2 is 1.88 bits per heavy atom. The first-order valence-corrected chi connectivity index (χ1v) is 10.6. The highest BCUT2D eigenvalue weighted by Crippen LogP contribution is 2.40. The third kappa shape index (κ3) is 7.81. The Morgan fingerprint density at radius 1 is 1.17 bits per heavy atom. The standard InChI is InChI=1S/C16H34N4O3S/c1-4-23-13-10-16(8-6-7-9-16)14-19-15(17-3)18-11-12-20-24(21,22)5-2/h20H,4-14H2,1-3H3,(H2,17,18,19). The summed E-state index contributed by atoms with van der Waals surface area (Å²) in [7, 11) is -1.41. The van der Waals surface area contributed by atoms with Gasteiger partial charge in [-0.2, -0.15) is 0 Å². The minimum absolute atomic E-state index is 0.0995. The van der Waals surface area contributed by atoms with Gasteiger partial charge in [0.2, 0.25) is 10.0 Å². The van der Waals surface area contributed by atoms with E-state index >= 15 is 0 Å². The van der Waals surface area contributed by atoms with Crippen LogP contribution < -0.4 is 15.4 Å². The summed E-state index contributed by atoms with van der Waals surface area (Å²) in [6, 6.07) is 0. The summed E-state index contributed by atoms with van der Waals surface area (Å²) in [5.41, 5.74) is 0.288. The smallest absolute Gasteiger partial charge is 0.211 e. The Hall–Kier alpha value is -0.860. The second-order valence-corrected chi connectivity index (χ2v) is 8.40. The molecular weight excluding hydrogens is 328 g/mol. The van der Waals surface area contributed by atoms with Crippen molar-refractivity contribution in [2.75, 3.05) is 45.6 Å². The highest BCUT2D eigenvalue weighted by atomic mass is 32.2. The van der Waals surface area contributed by atoms with E-state index in [0.29, 0.717) is 19.0 Å². The molecule has 1 rings (SSSR count). The summed E-state index contributed by atoms with van der Waals surface area (Å²) >= 11 is 0. The van der Waals surface area contributed by atoms with Crippen LogP contribution in [0.2, 0.25) is 0 Å². The van der Waals surface area contributed by atoms with Gasteiger partial charge in [-0.25, -0.2) is 13.1 Å². The van der Waals surface area contributed by atoms with E-state index in [-0.39, 0.29) is 11.2 Å². The number of aliphatic imine (C=N–C) groups is 1. The molecule has 24 heavy (non-hydrogen) atoms. The van der Waals surface area contributed by atoms with Crippen LogP contribution in [0.4, 0.5) is 0 Å². The van der Waals surface area contributed by atoms with E-state index in [1.807, 2.05) is 6.92 Å². The van der Waals surface area contributed by atoms with Crippen molar-refractivity contribution in [2.24, 2.45) is 10.4 Å². The number of hydrogen-bond donors (Lipinski definition) is 3. The number of nitrogens with zero attached hydrogens (tertiary/aromatic N) is 1. The minimum atomic E-state index is -3.14. The minimum Gasteiger partial charge on any atom is -0.382 e. The molecule has 142 valence electrons. The van der Waals surface area contributed by atoms with Crippen LogP contribution in [0.1, 0.15) is 46.0 Å². The van der Waals surface area contributed by atoms with Crippen LogP contribution in [0, 0.1) is 5.41 Å². The molecule has 0 bridgehead atoms. The van der Waals surface area contributed by atoms with E-state index in [1.54, 1.807) is 14.0 Å². The van der Waals surface area contributed by atoms with E-state index in [9.17, 15) is 8.42 Å². The van der Waals surface area contributed by atoms with Crippen molar-refractivity contribution in [3.05, 3.63) is 0 Å². The molecule has 0 saturated heterocycles. The van der Waals surface area contributed by atoms with Gasteiger partial charge < -0.3 is 15.4 Å². The molecular formula is C16H34N4O3S. The average molecular weight is 363 g/mol. The predicted octanol–water partition coefficient (Wildman–Crippen LogP) is 1.08. The quantitative estimate of drug-likeness (QED) is 0.291. The molecule has 0 unspecified atom stereocenters. The molecule has 1 aliphatic carbocycles. The zero-order valence-electron chi connectivity index (χ0n) is 15.4. The second-order valence-electron chi connectivity index (χ2n) is 6.30. The van der Waals surface area contributed by atoms with Gasteiger partial charge in [0.15, 0.2) is 5.96 Å². The lowest BCUT2D eigenvalue weighted by Crippen LogP contribution is -2.45. The molecule has 7 nitrogen and oxygen atoms in total. The third-order valence-corrected chi connectivity index (χ3v) is 6.02. The van der Waals surface area contributed by atoms with E-state index in [4.69, 9.17) is 4.74 Å². The maximum Gasteiger partial charge on any atom is 0.211 e. The molecule has 0 spiro atoms. The molecule has 0 amide bonds. The number of sulfonamides is 1. The molecule has 0 radical (unpaired) electrons. The third-order valence-electron chi connectivity index (χ3n) is 4.62. The second kappa shape index (κ2) is 10.9. The molecule has 1 aliphatic rings. The van der Waals surface area contributed by atoms with Crippen LogP contribution in [0.15, 0.2) is 4.99 Å². The van der Waals surface area contributed by atoms with Gasteiger partial charge in [0.25, 0.3) is 0 Å². The fourth-order valence-electron chi connectivity index (χ4n) is 3.05. The predicted molar refractivity (Wildman–Crippen MR) is 98.8 cm³/mol. The normalized spacial score (nSPS) is 17.9. The largest absolute Gasteiger partial charge is 0.382 e. The molecule has 3 N–H and O–H groups in total. The fourth-order valence-corrected chi connectivity index (χ4v) is 3.67. The zero-order chi connectivity index (χ0) is 17.9. The topological polar surface area (TPSA) is 91.8 Å². The lowest BCUT2D eigenvalue weighted by Gasteiger charge is -2.30.